The number of aryl methyl sites for hydroxylation is 2. The van der Waals surface area contributed by atoms with Crippen molar-refractivity contribution in [2.24, 2.45) is 0 Å². The van der Waals surface area contributed by atoms with Gasteiger partial charge in [0, 0.05) is 12.8 Å². The molecule has 0 aliphatic rings. The van der Waals surface area contributed by atoms with Gasteiger partial charge < -0.3 is 10.1 Å². The summed E-state index contributed by atoms with van der Waals surface area (Å²) in [7, 11) is 1.63. The second-order valence-corrected chi connectivity index (χ2v) is 7.39. The molecule has 1 heterocycles. The summed E-state index contributed by atoms with van der Waals surface area (Å²) in [5.74, 6) is 0.742. The Labute approximate surface area is 155 Å². The van der Waals surface area contributed by atoms with Crippen molar-refractivity contribution >= 4 is 38.3 Å². The van der Waals surface area contributed by atoms with Gasteiger partial charge in [0.1, 0.15) is 10.8 Å². The molecule has 1 amide bonds. The highest BCUT2D eigenvalue weighted by Crippen LogP contribution is 2.26. The largest absolute Gasteiger partial charge is 0.496 e. The predicted molar refractivity (Wildman–Crippen MR) is 101 cm³/mol. The van der Waals surface area contributed by atoms with E-state index < -0.39 is 0 Å². The number of hydrogen-bond donors (Lipinski definition) is 1. The lowest BCUT2D eigenvalue weighted by atomic mass is 10.1. The van der Waals surface area contributed by atoms with E-state index in [-0.39, 0.29) is 5.91 Å². The van der Waals surface area contributed by atoms with Crippen molar-refractivity contribution < 1.29 is 9.53 Å². The van der Waals surface area contributed by atoms with Crippen molar-refractivity contribution in [1.29, 1.82) is 0 Å². The number of aromatic nitrogens is 2. The summed E-state index contributed by atoms with van der Waals surface area (Å²) in [6.45, 7) is 2.17. The first kappa shape index (κ1) is 18.9. The van der Waals surface area contributed by atoms with E-state index in [1.165, 1.54) is 24.2 Å². The van der Waals surface area contributed by atoms with Crippen LogP contribution in [0, 0.1) is 0 Å². The molecule has 2 aromatic rings. The third-order valence-electron chi connectivity index (χ3n) is 3.56. The first-order valence-corrected chi connectivity index (χ1v) is 9.68. The standard InChI is InChI=1S/C17H22BrN3O2S/c1-3-4-5-6-16-20-21-17(24-16)19-15(22)10-8-12-7-9-14(23-2)13(18)11-12/h7,9,11H,3-6,8,10H2,1-2H3,(H,19,21,22). The fraction of sp³-hybridized carbons (Fsp3) is 0.471. The maximum Gasteiger partial charge on any atom is 0.226 e. The van der Waals surface area contributed by atoms with E-state index in [4.69, 9.17) is 4.74 Å². The SMILES string of the molecule is CCCCCc1nnc(NC(=O)CCc2ccc(OC)c(Br)c2)s1. The average Bonchev–Trinajstić information content (AvgIpc) is 3.00. The van der Waals surface area contributed by atoms with Crippen molar-refractivity contribution in [2.45, 2.75) is 45.4 Å². The fourth-order valence-corrected chi connectivity index (χ4v) is 3.62. The predicted octanol–water partition coefficient (Wildman–Crippen LogP) is 4.61. The minimum atomic E-state index is -0.0433. The smallest absolute Gasteiger partial charge is 0.226 e. The molecule has 0 atom stereocenters. The van der Waals surface area contributed by atoms with Gasteiger partial charge in [0.15, 0.2) is 0 Å². The van der Waals surface area contributed by atoms with Crippen LogP contribution in [0.3, 0.4) is 0 Å². The summed E-state index contributed by atoms with van der Waals surface area (Å²) in [4.78, 5) is 12.1. The van der Waals surface area contributed by atoms with Crippen LogP contribution in [-0.4, -0.2) is 23.2 Å². The van der Waals surface area contributed by atoms with Crippen LogP contribution in [0.15, 0.2) is 22.7 Å². The molecule has 1 N–H and O–H groups in total. The Bertz CT molecular complexity index is 676. The summed E-state index contributed by atoms with van der Waals surface area (Å²) in [5, 5.41) is 12.6. The molecule has 7 heteroatoms. The van der Waals surface area contributed by atoms with Crippen LogP contribution in [0.2, 0.25) is 0 Å². The molecule has 0 bridgehead atoms. The summed E-state index contributed by atoms with van der Waals surface area (Å²) < 4.78 is 6.09. The Kier molecular flexibility index (Phi) is 7.65. The van der Waals surface area contributed by atoms with E-state index >= 15 is 0 Å². The molecule has 0 aliphatic carbocycles. The third-order valence-corrected chi connectivity index (χ3v) is 5.08. The van der Waals surface area contributed by atoms with Gasteiger partial charge in [0.25, 0.3) is 0 Å². The van der Waals surface area contributed by atoms with Crippen molar-refractivity contribution in [3.63, 3.8) is 0 Å². The second kappa shape index (κ2) is 9.74. The molecule has 24 heavy (non-hydrogen) atoms. The van der Waals surface area contributed by atoms with Crippen LogP contribution >= 0.6 is 27.3 Å². The van der Waals surface area contributed by atoms with E-state index in [9.17, 15) is 4.79 Å². The number of methoxy groups -OCH3 is 1. The van der Waals surface area contributed by atoms with Crippen LogP contribution in [0.5, 0.6) is 5.75 Å². The maximum atomic E-state index is 12.1. The van der Waals surface area contributed by atoms with Crippen LogP contribution < -0.4 is 10.1 Å². The van der Waals surface area contributed by atoms with Gasteiger partial charge in [-0.15, -0.1) is 10.2 Å². The topological polar surface area (TPSA) is 64.1 Å². The Hall–Kier alpha value is -1.47. The lowest BCUT2D eigenvalue weighted by molar-refractivity contribution is -0.116. The number of nitrogens with one attached hydrogen (secondary N) is 1. The van der Waals surface area contributed by atoms with E-state index in [0.717, 1.165) is 33.6 Å². The lowest BCUT2D eigenvalue weighted by Gasteiger charge is -2.06. The van der Waals surface area contributed by atoms with E-state index in [0.29, 0.717) is 18.0 Å². The molecule has 0 unspecified atom stereocenters. The third kappa shape index (κ3) is 5.87. The zero-order valence-electron chi connectivity index (χ0n) is 14.0. The van der Waals surface area contributed by atoms with Crippen molar-refractivity contribution in [3.05, 3.63) is 33.2 Å². The van der Waals surface area contributed by atoms with Crippen molar-refractivity contribution in [3.8, 4) is 5.75 Å². The molecule has 0 spiro atoms. The number of ether oxygens (including phenoxy) is 1. The van der Waals surface area contributed by atoms with Gasteiger partial charge in [-0.25, -0.2) is 0 Å². The molecule has 2 rings (SSSR count). The van der Waals surface area contributed by atoms with E-state index in [1.807, 2.05) is 18.2 Å². The number of unbranched alkanes of at least 4 members (excludes halogenated alkanes) is 2. The minimum Gasteiger partial charge on any atom is -0.496 e. The number of benzene rings is 1. The first-order valence-electron chi connectivity index (χ1n) is 8.07. The van der Waals surface area contributed by atoms with Gasteiger partial charge >= 0.3 is 0 Å². The number of anilines is 1. The molecule has 0 saturated carbocycles. The molecule has 0 radical (unpaired) electrons. The Morgan fingerprint density at radius 2 is 2.12 bits per heavy atom. The molecular weight excluding hydrogens is 390 g/mol. The lowest BCUT2D eigenvalue weighted by Crippen LogP contribution is -2.12. The summed E-state index contributed by atoms with van der Waals surface area (Å²) in [5.41, 5.74) is 1.08. The Morgan fingerprint density at radius 3 is 2.83 bits per heavy atom. The number of carbonyl (C=O) groups is 1. The maximum absolute atomic E-state index is 12.1. The van der Waals surface area contributed by atoms with Gasteiger partial charge in [-0.2, -0.15) is 0 Å². The summed E-state index contributed by atoms with van der Waals surface area (Å²) >= 11 is 4.92. The normalized spacial score (nSPS) is 10.6. The zero-order chi connectivity index (χ0) is 17.4. The van der Waals surface area contributed by atoms with E-state index in [2.05, 4.69) is 38.4 Å². The molecule has 130 valence electrons. The molecule has 0 fully saturated rings. The monoisotopic (exact) mass is 411 g/mol. The number of halogens is 1. The van der Waals surface area contributed by atoms with Crippen LogP contribution in [0.25, 0.3) is 0 Å². The highest BCUT2D eigenvalue weighted by Gasteiger charge is 2.09. The number of carbonyl (C=O) groups excluding carboxylic acids is 1. The van der Waals surface area contributed by atoms with Crippen molar-refractivity contribution in [2.75, 3.05) is 12.4 Å². The van der Waals surface area contributed by atoms with Gasteiger partial charge in [-0.05, 0) is 46.5 Å². The molecular formula is C17H22BrN3O2S. The number of amides is 1. The van der Waals surface area contributed by atoms with Gasteiger partial charge in [0.05, 0.1) is 11.6 Å². The minimum absolute atomic E-state index is 0.0433. The number of hydrogen-bond acceptors (Lipinski definition) is 5. The first-order chi connectivity index (χ1) is 11.6. The number of rotatable bonds is 9. The Balaban J connectivity index is 1.80. The molecule has 1 aromatic heterocycles. The average molecular weight is 412 g/mol. The molecule has 0 saturated heterocycles. The fourth-order valence-electron chi connectivity index (χ4n) is 2.24. The van der Waals surface area contributed by atoms with Gasteiger partial charge in [0.2, 0.25) is 11.0 Å². The molecule has 5 nitrogen and oxygen atoms in total. The van der Waals surface area contributed by atoms with Crippen LogP contribution in [0.1, 0.15) is 43.2 Å². The van der Waals surface area contributed by atoms with Gasteiger partial charge in [-0.3, -0.25) is 4.79 Å². The number of nitrogens with zero attached hydrogens (tertiary/aromatic N) is 2. The summed E-state index contributed by atoms with van der Waals surface area (Å²) in [6.07, 6.45) is 5.50. The highest BCUT2D eigenvalue weighted by atomic mass is 79.9. The van der Waals surface area contributed by atoms with Crippen LogP contribution in [-0.2, 0) is 17.6 Å². The van der Waals surface area contributed by atoms with Crippen molar-refractivity contribution in [1.82, 2.24) is 10.2 Å². The van der Waals surface area contributed by atoms with Crippen LogP contribution in [0.4, 0.5) is 5.13 Å². The van der Waals surface area contributed by atoms with Gasteiger partial charge in [-0.1, -0.05) is 37.2 Å². The Morgan fingerprint density at radius 1 is 1.29 bits per heavy atom. The molecule has 0 aliphatic heterocycles. The quantitative estimate of drug-likeness (QED) is 0.611. The highest BCUT2D eigenvalue weighted by molar-refractivity contribution is 9.10. The zero-order valence-corrected chi connectivity index (χ0v) is 16.4. The molecule has 1 aromatic carbocycles. The second-order valence-electron chi connectivity index (χ2n) is 5.48. The van der Waals surface area contributed by atoms with E-state index in [1.54, 1.807) is 7.11 Å². The summed E-state index contributed by atoms with van der Waals surface area (Å²) in [6, 6.07) is 5.83.